The summed E-state index contributed by atoms with van der Waals surface area (Å²) in [4.78, 5) is 27.4. The summed E-state index contributed by atoms with van der Waals surface area (Å²) in [6, 6.07) is 8.05. The zero-order valence-corrected chi connectivity index (χ0v) is 23.3. The van der Waals surface area contributed by atoms with Crippen LogP contribution >= 0.6 is 0 Å². The van der Waals surface area contributed by atoms with E-state index < -0.39 is 24.0 Å². The third kappa shape index (κ3) is 5.21. The summed E-state index contributed by atoms with van der Waals surface area (Å²) in [6.07, 6.45) is 14.3. The standard InChI is InChI=1S/C34H44O5/c1-19-2-4-20(5-3-19)6-7-29(35)18-30(33(36)38-31-25-10-21-8-22(12-25)13-26(31)11-21)34(37)39-32-27-14-23-9-24(16-27)17-28(32)15-23/h2-7,21-32,35H,8-18H2,1H3/b7-6+/t21?,22?,23?,24?,25?,26?,27?,28?,29-,30?,31?,32?/m1/s1. The average Bonchev–Trinajstić information content (AvgIpc) is 2.90. The maximum absolute atomic E-state index is 13.7. The van der Waals surface area contributed by atoms with Crippen LogP contribution in [0.2, 0.25) is 0 Å². The molecule has 8 aliphatic carbocycles. The van der Waals surface area contributed by atoms with E-state index in [2.05, 4.69) is 0 Å². The molecule has 1 aromatic rings. The lowest BCUT2D eigenvalue weighted by molar-refractivity contribution is -0.190. The number of hydrogen-bond acceptors (Lipinski definition) is 5. The second-order valence-corrected chi connectivity index (χ2v) is 14.3. The van der Waals surface area contributed by atoms with Crippen LogP contribution in [0.5, 0.6) is 0 Å². The highest BCUT2D eigenvalue weighted by atomic mass is 16.6. The summed E-state index contributed by atoms with van der Waals surface area (Å²) < 4.78 is 12.4. The number of esters is 2. The molecule has 1 N–H and O–H groups in total. The molecule has 0 radical (unpaired) electrons. The SMILES string of the molecule is Cc1ccc(/C=C/[C@@H](O)CC(C(=O)OC2C3CC4CC(C3)CC2C4)C(=O)OC2C3CC4CC(C3)CC2C4)cc1. The average molecular weight is 533 g/mol. The lowest BCUT2D eigenvalue weighted by Crippen LogP contribution is -2.52. The van der Waals surface area contributed by atoms with Crippen molar-refractivity contribution in [3.63, 3.8) is 0 Å². The Morgan fingerprint density at radius 1 is 0.744 bits per heavy atom. The molecule has 0 spiro atoms. The van der Waals surface area contributed by atoms with Crippen molar-refractivity contribution in [3.05, 3.63) is 41.5 Å². The molecule has 8 bridgehead atoms. The molecule has 1 aromatic carbocycles. The monoisotopic (exact) mass is 532 g/mol. The molecular formula is C34H44O5. The Morgan fingerprint density at radius 3 is 1.56 bits per heavy atom. The molecule has 39 heavy (non-hydrogen) atoms. The van der Waals surface area contributed by atoms with E-state index in [1.54, 1.807) is 6.08 Å². The van der Waals surface area contributed by atoms with Gasteiger partial charge in [-0.3, -0.25) is 9.59 Å². The van der Waals surface area contributed by atoms with Gasteiger partial charge >= 0.3 is 11.9 Å². The number of hydrogen-bond donors (Lipinski definition) is 1. The normalized spacial score (nSPS) is 41.1. The van der Waals surface area contributed by atoms with Gasteiger partial charge in [-0.05, 0) is 124 Å². The van der Waals surface area contributed by atoms with E-state index in [4.69, 9.17) is 9.47 Å². The maximum Gasteiger partial charge on any atom is 0.320 e. The summed E-state index contributed by atoms with van der Waals surface area (Å²) in [5.41, 5.74) is 2.15. The fourth-order valence-electron chi connectivity index (χ4n) is 10.1. The van der Waals surface area contributed by atoms with Gasteiger partial charge in [0.1, 0.15) is 12.2 Å². The van der Waals surface area contributed by atoms with E-state index in [1.807, 2.05) is 37.3 Å². The Labute approximate surface area is 232 Å². The first-order valence-electron chi connectivity index (χ1n) is 15.7. The van der Waals surface area contributed by atoms with Crippen molar-refractivity contribution in [2.45, 2.75) is 95.9 Å². The zero-order valence-electron chi connectivity index (χ0n) is 23.3. The number of aryl methyl sites for hydroxylation is 1. The first kappa shape index (κ1) is 25.8. The third-order valence-corrected chi connectivity index (χ3v) is 11.4. The molecule has 0 heterocycles. The van der Waals surface area contributed by atoms with Gasteiger partial charge in [0.25, 0.3) is 0 Å². The molecule has 0 aliphatic heterocycles. The highest BCUT2D eigenvalue weighted by molar-refractivity contribution is 5.95. The summed E-state index contributed by atoms with van der Waals surface area (Å²) in [5.74, 6) is 2.81. The second kappa shape index (κ2) is 10.4. The third-order valence-electron chi connectivity index (χ3n) is 11.4. The van der Waals surface area contributed by atoms with Crippen molar-refractivity contribution >= 4 is 18.0 Å². The van der Waals surface area contributed by atoms with Crippen LogP contribution in [0, 0.1) is 60.2 Å². The fourth-order valence-corrected chi connectivity index (χ4v) is 10.1. The zero-order chi connectivity index (χ0) is 26.7. The van der Waals surface area contributed by atoms with Crippen LogP contribution in [-0.4, -0.2) is 35.4 Å². The van der Waals surface area contributed by atoms with Crippen molar-refractivity contribution in [3.8, 4) is 0 Å². The summed E-state index contributed by atoms with van der Waals surface area (Å²) in [5, 5.41) is 10.9. The summed E-state index contributed by atoms with van der Waals surface area (Å²) in [6.45, 7) is 2.04. The topological polar surface area (TPSA) is 72.8 Å². The van der Waals surface area contributed by atoms with Crippen molar-refractivity contribution in [2.24, 2.45) is 53.3 Å². The highest BCUT2D eigenvalue weighted by Crippen LogP contribution is 2.56. The predicted octanol–water partition coefficient (Wildman–Crippen LogP) is 6.11. The van der Waals surface area contributed by atoms with Crippen LogP contribution in [0.15, 0.2) is 30.3 Å². The first-order valence-corrected chi connectivity index (χ1v) is 15.7. The van der Waals surface area contributed by atoms with E-state index in [1.165, 1.54) is 18.4 Å². The van der Waals surface area contributed by atoms with E-state index in [-0.39, 0.29) is 18.6 Å². The van der Waals surface area contributed by atoms with Gasteiger partial charge in [0, 0.05) is 6.42 Å². The lowest BCUT2D eigenvalue weighted by atomic mass is 9.55. The summed E-state index contributed by atoms with van der Waals surface area (Å²) >= 11 is 0. The number of carbonyl (C=O) groups excluding carboxylic acids is 2. The van der Waals surface area contributed by atoms with Gasteiger partial charge in [-0.1, -0.05) is 42.0 Å². The number of benzene rings is 1. The maximum atomic E-state index is 13.7. The largest absolute Gasteiger partial charge is 0.461 e. The number of aliphatic hydroxyl groups is 1. The Hall–Kier alpha value is -2.14. The Balaban J connectivity index is 1.06. The number of ether oxygens (including phenoxy) is 2. The van der Waals surface area contributed by atoms with Crippen LogP contribution in [0.4, 0.5) is 0 Å². The molecule has 5 nitrogen and oxygen atoms in total. The van der Waals surface area contributed by atoms with Crippen LogP contribution in [0.3, 0.4) is 0 Å². The van der Waals surface area contributed by atoms with Crippen LogP contribution in [0.1, 0.15) is 81.8 Å². The molecule has 5 heteroatoms. The molecule has 210 valence electrons. The van der Waals surface area contributed by atoms with Gasteiger partial charge in [-0.25, -0.2) is 0 Å². The summed E-state index contributed by atoms with van der Waals surface area (Å²) in [7, 11) is 0. The number of rotatable bonds is 8. The van der Waals surface area contributed by atoms with Crippen LogP contribution in [0.25, 0.3) is 6.08 Å². The molecule has 9 rings (SSSR count). The van der Waals surface area contributed by atoms with Crippen molar-refractivity contribution in [2.75, 3.05) is 0 Å². The van der Waals surface area contributed by atoms with Crippen molar-refractivity contribution in [1.82, 2.24) is 0 Å². The second-order valence-electron chi connectivity index (χ2n) is 14.3. The van der Waals surface area contributed by atoms with E-state index in [0.717, 1.165) is 80.6 Å². The molecule has 0 aromatic heterocycles. The van der Waals surface area contributed by atoms with Gasteiger partial charge in [0.2, 0.25) is 0 Å². The van der Waals surface area contributed by atoms with Crippen LogP contribution < -0.4 is 0 Å². The molecule has 8 fully saturated rings. The Bertz CT molecular complexity index is 993. The van der Waals surface area contributed by atoms with E-state index >= 15 is 0 Å². The first-order chi connectivity index (χ1) is 18.9. The van der Waals surface area contributed by atoms with Gasteiger partial charge in [-0.2, -0.15) is 0 Å². The fraction of sp³-hybridized carbons (Fsp3) is 0.706. The van der Waals surface area contributed by atoms with E-state index in [0.29, 0.717) is 23.7 Å². The van der Waals surface area contributed by atoms with Gasteiger partial charge in [0.15, 0.2) is 5.92 Å². The Kier molecular flexibility index (Phi) is 6.85. The highest BCUT2D eigenvalue weighted by Gasteiger charge is 2.52. The van der Waals surface area contributed by atoms with Gasteiger partial charge < -0.3 is 14.6 Å². The molecular weight excluding hydrogens is 488 g/mol. The molecule has 0 saturated heterocycles. The predicted molar refractivity (Wildman–Crippen MR) is 148 cm³/mol. The lowest BCUT2D eigenvalue weighted by Gasteiger charge is -2.54. The molecule has 8 aliphatic rings. The molecule has 8 saturated carbocycles. The van der Waals surface area contributed by atoms with Crippen LogP contribution in [-0.2, 0) is 19.1 Å². The van der Waals surface area contributed by atoms with Gasteiger partial charge in [-0.15, -0.1) is 0 Å². The minimum absolute atomic E-state index is 0.000630. The number of aliphatic hydroxyl groups excluding tert-OH is 1. The van der Waals surface area contributed by atoms with Crippen molar-refractivity contribution < 1.29 is 24.2 Å². The number of carbonyl (C=O) groups is 2. The smallest absolute Gasteiger partial charge is 0.320 e. The van der Waals surface area contributed by atoms with E-state index in [9.17, 15) is 14.7 Å². The molecule has 1 atom stereocenters. The quantitative estimate of drug-likeness (QED) is 0.323. The van der Waals surface area contributed by atoms with Crippen molar-refractivity contribution in [1.29, 1.82) is 0 Å². The Morgan fingerprint density at radius 2 is 1.15 bits per heavy atom. The molecule has 0 unspecified atom stereocenters. The minimum Gasteiger partial charge on any atom is -0.461 e. The molecule has 0 amide bonds. The minimum atomic E-state index is -1.09. The van der Waals surface area contributed by atoms with Gasteiger partial charge in [0.05, 0.1) is 6.10 Å².